The van der Waals surface area contributed by atoms with E-state index >= 15 is 0 Å². The number of hydrogen-bond acceptors (Lipinski definition) is 9. The second kappa shape index (κ2) is 18.3. The van der Waals surface area contributed by atoms with Crippen molar-refractivity contribution in [2.45, 2.75) is 51.7 Å². The molecule has 1 atom stereocenters. The van der Waals surface area contributed by atoms with E-state index in [-0.39, 0.29) is 11.8 Å². The van der Waals surface area contributed by atoms with E-state index in [0.29, 0.717) is 35.1 Å². The Hall–Kier alpha value is -5.32. The molecule has 8 heterocycles. The first-order chi connectivity index (χ1) is 31.3. The molecule has 2 amide bonds. The molecule has 0 spiro atoms. The van der Waals surface area contributed by atoms with Gasteiger partial charge in [-0.15, -0.1) is 68.4 Å². The molecule has 7 aromatic rings. The molecule has 0 bridgehead atoms. The maximum Gasteiger partial charge on any atom is 0.259 e. The quantitative estimate of drug-likeness (QED) is 0.0853. The zero-order valence-corrected chi connectivity index (χ0v) is 40.5. The van der Waals surface area contributed by atoms with Crippen LogP contribution in [0.4, 0.5) is 11.4 Å². The Labute approximate surface area is 398 Å². The SMILES string of the molecule is CCCN1C(=O)C(=C2C(=O)N(CCC)c3cc(-c4ccc(-c5ccc(C=C(C#N)c6cccs6)s5)s4)ccc32)c2ccc(-c3ccc(C4=CCC(C=C(CC)c5cccs5)S4)s3)cc21. The number of rotatable bonds is 13. The van der Waals surface area contributed by atoms with E-state index in [1.807, 2.05) is 62.6 Å². The third kappa shape index (κ3) is 7.95. The Morgan fingerprint density at radius 2 is 1.25 bits per heavy atom. The van der Waals surface area contributed by atoms with Gasteiger partial charge < -0.3 is 9.80 Å². The standard InChI is InChI=1S/C53H43N3O2S6/c1-4-23-55-40-29-33(44-19-21-48(63-44)46-17-13-36(61-46)27-32(6-3)42-9-7-25-59-42)11-15-38(40)50(52(55)57)51-39-16-12-34(30-41(39)56(24-5-2)53(51)58)45-20-22-49(64-45)47-18-14-37(62-47)28-35(31-54)43-10-8-26-60-43/h7-12,14-22,25-30,36H,4-6,13,23-24H2,1-3H3. The first kappa shape index (κ1) is 42.6. The molecule has 318 valence electrons. The van der Waals surface area contributed by atoms with Crippen LogP contribution in [-0.2, 0) is 9.59 Å². The molecule has 11 heteroatoms. The van der Waals surface area contributed by atoms with E-state index in [4.69, 9.17) is 0 Å². The first-order valence-corrected chi connectivity index (χ1v) is 26.7. The Kier molecular flexibility index (Phi) is 12.2. The van der Waals surface area contributed by atoms with Crippen molar-refractivity contribution in [3.05, 3.63) is 151 Å². The molecule has 3 aliphatic rings. The lowest BCUT2D eigenvalue weighted by atomic mass is 9.95. The molecule has 0 saturated heterocycles. The highest BCUT2D eigenvalue weighted by atomic mass is 32.2. The number of fused-ring (bicyclic) bond motifs is 2. The summed E-state index contributed by atoms with van der Waals surface area (Å²) in [5, 5.41) is 14.4. The first-order valence-electron chi connectivity index (χ1n) is 21.6. The number of nitrogens with zero attached hydrogens (tertiary/aromatic N) is 3. The summed E-state index contributed by atoms with van der Waals surface area (Å²) in [4.78, 5) is 43.5. The molecule has 0 fully saturated rings. The molecular formula is C53H43N3O2S6. The zero-order valence-electron chi connectivity index (χ0n) is 35.6. The van der Waals surface area contributed by atoms with Crippen LogP contribution in [0.1, 0.15) is 77.1 Å². The topological polar surface area (TPSA) is 64.4 Å². The molecule has 10 rings (SSSR count). The summed E-state index contributed by atoms with van der Waals surface area (Å²) in [5.41, 5.74) is 8.55. The van der Waals surface area contributed by atoms with Gasteiger partial charge in [0.05, 0.1) is 28.1 Å². The Morgan fingerprint density at radius 3 is 1.83 bits per heavy atom. The maximum atomic E-state index is 14.6. The Morgan fingerprint density at radius 1 is 0.688 bits per heavy atom. The average Bonchev–Trinajstić information content (AvgIpc) is 4.17. The van der Waals surface area contributed by atoms with Gasteiger partial charge in [-0.2, -0.15) is 5.26 Å². The van der Waals surface area contributed by atoms with Gasteiger partial charge in [0.1, 0.15) is 6.07 Å². The van der Waals surface area contributed by atoms with Crippen molar-refractivity contribution in [1.82, 2.24) is 0 Å². The summed E-state index contributed by atoms with van der Waals surface area (Å²) in [7, 11) is 0. The molecule has 5 nitrogen and oxygen atoms in total. The predicted molar refractivity (Wildman–Crippen MR) is 279 cm³/mol. The van der Waals surface area contributed by atoms with Crippen molar-refractivity contribution in [2.75, 3.05) is 22.9 Å². The van der Waals surface area contributed by atoms with Gasteiger partial charge in [0, 0.05) is 73.4 Å². The minimum Gasteiger partial charge on any atom is -0.308 e. The summed E-state index contributed by atoms with van der Waals surface area (Å²) in [5.74, 6) is -0.223. The number of benzene rings is 2. The van der Waals surface area contributed by atoms with Crippen molar-refractivity contribution in [3.8, 4) is 36.7 Å². The van der Waals surface area contributed by atoms with E-state index in [9.17, 15) is 14.9 Å². The number of anilines is 2. The third-order valence-corrected chi connectivity index (χ3v) is 18.5. The fourth-order valence-corrected chi connectivity index (χ4v) is 14.6. The van der Waals surface area contributed by atoms with Gasteiger partial charge in [0.2, 0.25) is 0 Å². The van der Waals surface area contributed by atoms with Crippen LogP contribution in [0, 0.1) is 11.3 Å². The second-order valence-electron chi connectivity index (χ2n) is 15.8. The number of nitriles is 1. The minimum atomic E-state index is -0.115. The number of amides is 2. The molecule has 0 saturated carbocycles. The van der Waals surface area contributed by atoms with Gasteiger partial charge in [-0.25, -0.2) is 0 Å². The van der Waals surface area contributed by atoms with Crippen LogP contribution in [0.15, 0.2) is 120 Å². The summed E-state index contributed by atoms with van der Waals surface area (Å²) >= 11 is 10.5. The number of thioether (sulfide) groups is 1. The smallest absolute Gasteiger partial charge is 0.259 e. The molecule has 2 aromatic carbocycles. The van der Waals surface area contributed by atoms with Gasteiger partial charge in [0.15, 0.2) is 0 Å². The third-order valence-electron chi connectivity index (χ3n) is 11.7. The largest absolute Gasteiger partial charge is 0.308 e. The molecule has 0 aliphatic carbocycles. The van der Waals surface area contributed by atoms with Gasteiger partial charge in [-0.1, -0.05) is 69.3 Å². The average molecular weight is 946 g/mol. The van der Waals surface area contributed by atoms with Gasteiger partial charge in [-0.3, -0.25) is 9.59 Å². The van der Waals surface area contributed by atoms with Crippen LogP contribution in [0.2, 0.25) is 0 Å². The molecule has 64 heavy (non-hydrogen) atoms. The van der Waals surface area contributed by atoms with Crippen molar-refractivity contribution >= 4 is 125 Å². The van der Waals surface area contributed by atoms with Crippen LogP contribution in [0.3, 0.4) is 0 Å². The number of allylic oxidation sites excluding steroid dienone is 3. The van der Waals surface area contributed by atoms with E-state index < -0.39 is 0 Å². The fraction of sp³-hybridized carbons (Fsp3) is 0.189. The number of thiophene rings is 5. The molecule has 0 radical (unpaired) electrons. The van der Waals surface area contributed by atoms with Crippen LogP contribution in [-0.4, -0.2) is 30.2 Å². The molecule has 1 unspecified atom stereocenters. The van der Waals surface area contributed by atoms with Crippen molar-refractivity contribution in [2.24, 2.45) is 0 Å². The van der Waals surface area contributed by atoms with E-state index in [1.165, 1.54) is 20.2 Å². The van der Waals surface area contributed by atoms with Crippen LogP contribution < -0.4 is 9.80 Å². The maximum absolute atomic E-state index is 14.6. The minimum absolute atomic E-state index is 0.108. The summed E-state index contributed by atoms with van der Waals surface area (Å²) in [6, 6.07) is 36.2. The second-order valence-corrected chi connectivity index (χ2v) is 22.2. The molecule has 0 N–H and O–H groups in total. The monoisotopic (exact) mass is 945 g/mol. The number of hydrogen-bond donors (Lipinski definition) is 0. The summed E-state index contributed by atoms with van der Waals surface area (Å²) in [6.45, 7) is 7.54. The lowest BCUT2D eigenvalue weighted by Crippen LogP contribution is -2.29. The highest BCUT2D eigenvalue weighted by molar-refractivity contribution is 8.09. The Bertz CT molecular complexity index is 3090. The fourth-order valence-electron chi connectivity index (χ4n) is 8.68. The van der Waals surface area contributed by atoms with Crippen molar-refractivity contribution in [1.29, 1.82) is 5.26 Å². The van der Waals surface area contributed by atoms with Crippen LogP contribution in [0.25, 0.3) is 63.9 Å². The normalized spacial score (nSPS) is 17.4. The highest BCUT2D eigenvalue weighted by Gasteiger charge is 2.42. The molecule has 3 aliphatic heterocycles. The van der Waals surface area contributed by atoms with Gasteiger partial charge >= 0.3 is 0 Å². The lowest BCUT2D eigenvalue weighted by molar-refractivity contribution is -0.114. The Balaban J connectivity index is 0.941. The van der Waals surface area contributed by atoms with E-state index in [2.05, 4.69) is 123 Å². The summed E-state index contributed by atoms with van der Waals surface area (Å²) in [6.07, 6.45) is 10.4. The van der Waals surface area contributed by atoms with Gasteiger partial charge in [-0.05, 0) is 120 Å². The van der Waals surface area contributed by atoms with Crippen LogP contribution in [0.5, 0.6) is 0 Å². The van der Waals surface area contributed by atoms with Crippen LogP contribution >= 0.6 is 68.4 Å². The van der Waals surface area contributed by atoms with E-state index in [1.54, 1.807) is 45.3 Å². The zero-order chi connectivity index (χ0) is 43.9. The van der Waals surface area contributed by atoms with Crippen molar-refractivity contribution in [3.63, 3.8) is 0 Å². The molecule has 5 aromatic heterocycles. The molecular weight excluding hydrogens is 903 g/mol. The highest BCUT2D eigenvalue weighted by Crippen LogP contribution is 2.51. The number of carbonyl (C=O) groups is 2. The summed E-state index contributed by atoms with van der Waals surface area (Å²) < 4.78 is 0. The predicted octanol–water partition coefficient (Wildman–Crippen LogP) is 15.8. The van der Waals surface area contributed by atoms with Crippen molar-refractivity contribution < 1.29 is 9.59 Å². The number of carbonyl (C=O) groups excluding carboxylic acids is 2. The lowest BCUT2D eigenvalue weighted by Gasteiger charge is -2.17. The van der Waals surface area contributed by atoms with E-state index in [0.717, 1.165) is 88.6 Å². The van der Waals surface area contributed by atoms with Gasteiger partial charge in [0.25, 0.3) is 11.8 Å².